The molecule has 3 aromatic carbocycles. The van der Waals surface area contributed by atoms with Gasteiger partial charge < -0.3 is 14.6 Å². The molecule has 0 radical (unpaired) electrons. The quantitative estimate of drug-likeness (QED) is 0.608. The molecule has 0 aromatic heterocycles. The van der Waals surface area contributed by atoms with Gasteiger partial charge in [-0.1, -0.05) is 36.4 Å². The zero-order valence-electron chi connectivity index (χ0n) is 17.2. The van der Waals surface area contributed by atoms with Crippen LogP contribution in [0.1, 0.15) is 42.2 Å². The molecule has 3 aromatic rings. The van der Waals surface area contributed by atoms with Crippen molar-refractivity contribution in [1.29, 1.82) is 0 Å². The number of methoxy groups -OCH3 is 1. The van der Waals surface area contributed by atoms with E-state index in [-0.39, 0.29) is 18.0 Å². The van der Waals surface area contributed by atoms with Crippen LogP contribution in [-0.4, -0.2) is 24.5 Å². The van der Waals surface area contributed by atoms with Crippen molar-refractivity contribution in [2.75, 3.05) is 13.7 Å². The normalized spacial score (nSPS) is 18.5. The van der Waals surface area contributed by atoms with Gasteiger partial charge in [-0.15, -0.1) is 0 Å². The molecular weight excluding hydrogens is 376 g/mol. The highest BCUT2D eigenvalue weighted by Crippen LogP contribution is 2.36. The average Bonchev–Trinajstić information content (AvgIpc) is 2.80. The van der Waals surface area contributed by atoms with Gasteiger partial charge in [0.05, 0.1) is 13.7 Å². The summed E-state index contributed by atoms with van der Waals surface area (Å²) in [4.78, 5) is 5.03. The van der Waals surface area contributed by atoms with Crippen molar-refractivity contribution in [1.82, 2.24) is 5.32 Å². The predicted molar refractivity (Wildman–Crippen MR) is 118 cm³/mol. The molecule has 5 nitrogen and oxygen atoms in total. The molecule has 1 heterocycles. The summed E-state index contributed by atoms with van der Waals surface area (Å²) in [5.74, 6) is 1.90. The molecule has 154 valence electrons. The summed E-state index contributed by atoms with van der Waals surface area (Å²) in [7, 11) is 1.66. The number of benzene rings is 3. The number of hydrogen-bond acceptors (Lipinski definition) is 5. The molecule has 2 N–H and O–H groups in total. The number of aliphatic imine (C=N–C) groups is 1. The lowest BCUT2D eigenvalue weighted by Crippen LogP contribution is -2.33. The Hall–Kier alpha value is -3.31. The highest BCUT2D eigenvalue weighted by atomic mass is 16.5. The van der Waals surface area contributed by atoms with E-state index < -0.39 is 0 Å². The van der Waals surface area contributed by atoms with Crippen molar-refractivity contribution < 1.29 is 14.6 Å². The van der Waals surface area contributed by atoms with Crippen LogP contribution in [0.25, 0.3) is 0 Å². The van der Waals surface area contributed by atoms with Crippen molar-refractivity contribution in [2.45, 2.75) is 25.6 Å². The van der Waals surface area contributed by atoms with Gasteiger partial charge in [-0.3, -0.25) is 10.3 Å². The van der Waals surface area contributed by atoms with Crippen LogP contribution in [0, 0.1) is 0 Å². The first-order valence-corrected chi connectivity index (χ1v) is 10.2. The van der Waals surface area contributed by atoms with E-state index in [0.29, 0.717) is 13.0 Å². The molecule has 0 bridgehead atoms. The smallest absolute Gasteiger partial charge is 0.129 e. The van der Waals surface area contributed by atoms with Gasteiger partial charge in [0.1, 0.15) is 23.4 Å². The highest BCUT2D eigenvalue weighted by Gasteiger charge is 2.29. The maximum Gasteiger partial charge on any atom is 0.129 e. The Morgan fingerprint density at radius 3 is 2.37 bits per heavy atom. The standard InChI is InChI=1S/C25H26N2O3/c1-3-30-24-11-7-5-9-20(24)25-26-21(17-12-14-18(29-2)15-13-17)16-22(27-25)19-8-4-6-10-23(19)28/h4-15,22,25,27-28H,3,16H2,1-2H3/t22-,25-/m0/s1. The number of nitrogens with zero attached hydrogens (tertiary/aromatic N) is 1. The summed E-state index contributed by atoms with van der Waals surface area (Å²) in [6, 6.07) is 23.3. The summed E-state index contributed by atoms with van der Waals surface area (Å²) in [6.07, 6.45) is 0.375. The maximum absolute atomic E-state index is 10.5. The van der Waals surface area contributed by atoms with Gasteiger partial charge >= 0.3 is 0 Å². The van der Waals surface area contributed by atoms with Gasteiger partial charge in [0, 0.05) is 29.3 Å². The fourth-order valence-corrected chi connectivity index (χ4v) is 3.80. The minimum absolute atomic E-state index is 0.0829. The van der Waals surface area contributed by atoms with Crippen molar-refractivity contribution >= 4 is 5.71 Å². The Morgan fingerprint density at radius 1 is 0.967 bits per heavy atom. The monoisotopic (exact) mass is 402 g/mol. The molecule has 5 heteroatoms. The lowest BCUT2D eigenvalue weighted by Gasteiger charge is -2.31. The van der Waals surface area contributed by atoms with E-state index in [2.05, 4.69) is 5.32 Å². The summed E-state index contributed by atoms with van der Waals surface area (Å²) >= 11 is 0. The lowest BCUT2D eigenvalue weighted by molar-refractivity contribution is 0.327. The number of phenolic OH excluding ortho intramolecular Hbond substituents is 1. The molecule has 0 aliphatic carbocycles. The van der Waals surface area contributed by atoms with E-state index in [4.69, 9.17) is 14.5 Å². The van der Waals surface area contributed by atoms with Gasteiger partial charge in [-0.05, 0) is 48.9 Å². The van der Waals surface area contributed by atoms with Crippen LogP contribution >= 0.6 is 0 Å². The number of phenols is 1. The summed E-state index contributed by atoms with van der Waals surface area (Å²) in [6.45, 7) is 2.56. The zero-order valence-corrected chi connectivity index (χ0v) is 17.2. The largest absolute Gasteiger partial charge is 0.508 e. The topological polar surface area (TPSA) is 63.1 Å². The average molecular weight is 402 g/mol. The van der Waals surface area contributed by atoms with Crippen LogP contribution in [0.4, 0.5) is 0 Å². The molecule has 0 unspecified atom stereocenters. The summed E-state index contributed by atoms with van der Waals surface area (Å²) in [5.41, 5.74) is 3.85. The molecule has 2 atom stereocenters. The minimum Gasteiger partial charge on any atom is -0.508 e. The first kappa shape index (κ1) is 20.0. The molecule has 0 saturated heterocycles. The number of rotatable bonds is 6. The molecule has 1 aliphatic rings. The van der Waals surface area contributed by atoms with E-state index in [0.717, 1.165) is 33.9 Å². The second-order valence-electron chi connectivity index (χ2n) is 7.16. The third-order valence-electron chi connectivity index (χ3n) is 5.29. The SMILES string of the molecule is CCOc1ccccc1[C@H]1N=C(c2ccc(OC)cc2)C[C@@H](c2ccccc2O)N1. The van der Waals surface area contributed by atoms with Crippen molar-refractivity contribution in [3.63, 3.8) is 0 Å². The lowest BCUT2D eigenvalue weighted by atomic mass is 9.93. The second-order valence-corrected chi connectivity index (χ2v) is 7.16. The van der Waals surface area contributed by atoms with Crippen LogP contribution in [0.3, 0.4) is 0 Å². The van der Waals surface area contributed by atoms with Gasteiger partial charge in [0.15, 0.2) is 0 Å². The molecule has 0 fully saturated rings. The first-order chi connectivity index (χ1) is 14.7. The minimum atomic E-state index is -0.289. The number of nitrogens with one attached hydrogen (secondary N) is 1. The van der Waals surface area contributed by atoms with E-state index in [1.54, 1.807) is 13.2 Å². The number of para-hydroxylation sites is 2. The van der Waals surface area contributed by atoms with Gasteiger partial charge in [0.2, 0.25) is 0 Å². The van der Waals surface area contributed by atoms with Gasteiger partial charge in [0.25, 0.3) is 0 Å². The highest BCUT2D eigenvalue weighted by molar-refractivity contribution is 6.01. The second kappa shape index (κ2) is 9.01. The molecular formula is C25H26N2O3. The first-order valence-electron chi connectivity index (χ1n) is 10.2. The molecule has 0 spiro atoms. The molecule has 0 saturated carbocycles. The number of ether oxygens (including phenoxy) is 2. The Balaban J connectivity index is 1.76. The van der Waals surface area contributed by atoms with Crippen molar-refractivity contribution in [3.05, 3.63) is 89.5 Å². The zero-order chi connectivity index (χ0) is 20.9. The number of hydrogen-bond donors (Lipinski definition) is 2. The van der Waals surface area contributed by atoms with E-state index in [9.17, 15) is 5.11 Å². The van der Waals surface area contributed by atoms with Crippen molar-refractivity contribution in [3.8, 4) is 17.2 Å². The van der Waals surface area contributed by atoms with Crippen LogP contribution < -0.4 is 14.8 Å². The molecule has 0 amide bonds. The molecule has 1 aliphatic heterocycles. The Bertz CT molecular complexity index is 1030. The molecule has 30 heavy (non-hydrogen) atoms. The van der Waals surface area contributed by atoms with E-state index >= 15 is 0 Å². The number of aromatic hydroxyl groups is 1. The Kier molecular flexibility index (Phi) is 6.00. The Morgan fingerprint density at radius 2 is 1.67 bits per heavy atom. The summed E-state index contributed by atoms with van der Waals surface area (Å²) < 4.78 is 11.1. The van der Waals surface area contributed by atoms with E-state index in [1.807, 2.05) is 73.7 Å². The fourth-order valence-electron chi connectivity index (χ4n) is 3.80. The Labute approximate surface area is 177 Å². The van der Waals surface area contributed by atoms with Crippen LogP contribution in [0.15, 0.2) is 77.8 Å². The third-order valence-corrected chi connectivity index (χ3v) is 5.29. The molecule has 4 rings (SSSR count). The fraction of sp³-hybridized carbons (Fsp3) is 0.240. The predicted octanol–water partition coefficient (Wildman–Crippen LogP) is 5.02. The van der Waals surface area contributed by atoms with Crippen molar-refractivity contribution in [2.24, 2.45) is 4.99 Å². The summed E-state index contributed by atoms with van der Waals surface area (Å²) in [5, 5.41) is 14.1. The van der Waals surface area contributed by atoms with Crippen LogP contribution in [0.2, 0.25) is 0 Å². The van der Waals surface area contributed by atoms with Gasteiger partial charge in [-0.25, -0.2) is 0 Å². The maximum atomic E-state index is 10.5. The van der Waals surface area contributed by atoms with Crippen LogP contribution in [-0.2, 0) is 0 Å². The third kappa shape index (κ3) is 4.16. The van der Waals surface area contributed by atoms with Crippen LogP contribution in [0.5, 0.6) is 17.2 Å². The van der Waals surface area contributed by atoms with E-state index in [1.165, 1.54) is 0 Å². The van der Waals surface area contributed by atoms with Gasteiger partial charge in [-0.2, -0.15) is 0 Å².